The zero-order valence-electron chi connectivity index (χ0n) is 15.4. The SMILES string of the molecule is CCN(CC(=O)Nc1ccc(OC)cc1)[C@@H](C)C(=O)Nc1ccccc1. The van der Waals surface area contributed by atoms with E-state index in [9.17, 15) is 9.59 Å². The molecule has 0 fully saturated rings. The molecule has 138 valence electrons. The number of hydrogen-bond acceptors (Lipinski definition) is 4. The number of benzene rings is 2. The van der Waals surface area contributed by atoms with Crippen molar-refractivity contribution in [2.24, 2.45) is 0 Å². The lowest BCUT2D eigenvalue weighted by Crippen LogP contribution is -2.45. The van der Waals surface area contributed by atoms with Gasteiger partial charge in [-0.15, -0.1) is 0 Å². The summed E-state index contributed by atoms with van der Waals surface area (Å²) in [5.41, 5.74) is 1.43. The van der Waals surface area contributed by atoms with Crippen LogP contribution in [0, 0.1) is 0 Å². The lowest BCUT2D eigenvalue weighted by molar-refractivity contribution is -0.123. The maximum Gasteiger partial charge on any atom is 0.241 e. The largest absolute Gasteiger partial charge is 0.497 e. The Morgan fingerprint density at radius 1 is 1.00 bits per heavy atom. The molecule has 0 saturated carbocycles. The van der Waals surface area contributed by atoms with Gasteiger partial charge in [-0.2, -0.15) is 0 Å². The quantitative estimate of drug-likeness (QED) is 0.764. The van der Waals surface area contributed by atoms with E-state index < -0.39 is 6.04 Å². The molecule has 0 heterocycles. The van der Waals surface area contributed by atoms with Crippen molar-refractivity contribution in [2.75, 3.05) is 30.8 Å². The van der Waals surface area contributed by atoms with Crippen LogP contribution in [-0.4, -0.2) is 43.0 Å². The fraction of sp³-hybridized carbons (Fsp3) is 0.300. The zero-order chi connectivity index (χ0) is 18.9. The minimum Gasteiger partial charge on any atom is -0.497 e. The number of carbonyl (C=O) groups is 2. The second-order valence-electron chi connectivity index (χ2n) is 5.87. The van der Waals surface area contributed by atoms with Crippen LogP contribution in [-0.2, 0) is 9.59 Å². The molecular weight excluding hydrogens is 330 g/mol. The zero-order valence-corrected chi connectivity index (χ0v) is 15.4. The number of methoxy groups -OCH3 is 1. The molecule has 2 rings (SSSR count). The number of hydrogen-bond donors (Lipinski definition) is 2. The smallest absolute Gasteiger partial charge is 0.241 e. The minimum absolute atomic E-state index is 0.131. The normalized spacial score (nSPS) is 11.7. The lowest BCUT2D eigenvalue weighted by Gasteiger charge is -2.26. The Morgan fingerprint density at radius 2 is 1.62 bits per heavy atom. The highest BCUT2D eigenvalue weighted by atomic mass is 16.5. The summed E-state index contributed by atoms with van der Waals surface area (Å²) in [7, 11) is 1.59. The van der Waals surface area contributed by atoms with Crippen LogP contribution in [0.15, 0.2) is 54.6 Å². The number of para-hydroxylation sites is 1. The molecule has 1 atom stereocenters. The predicted octanol–water partition coefficient (Wildman–Crippen LogP) is 2.98. The summed E-state index contributed by atoms with van der Waals surface area (Å²) in [5, 5.41) is 5.70. The molecule has 2 aromatic rings. The van der Waals surface area contributed by atoms with Gasteiger partial charge in [0.1, 0.15) is 5.75 Å². The molecule has 0 aromatic heterocycles. The van der Waals surface area contributed by atoms with Gasteiger partial charge < -0.3 is 15.4 Å². The van der Waals surface area contributed by atoms with Crippen molar-refractivity contribution in [3.8, 4) is 5.75 Å². The van der Waals surface area contributed by atoms with Crippen molar-refractivity contribution in [3.05, 3.63) is 54.6 Å². The van der Waals surface area contributed by atoms with E-state index in [0.29, 0.717) is 12.2 Å². The third-order valence-corrected chi connectivity index (χ3v) is 4.10. The molecule has 0 bridgehead atoms. The van der Waals surface area contributed by atoms with E-state index in [1.54, 1.807) is 38.3 Å². The Kier molecular flexibility index (Phi) is 7.17. The minimum atomic E-state index is -0.429. The number of anilines is 2. The van der Waals surface area contributed by atoms with E-state index >= 15 is 0 Å². The first-order valence-corrected chi connectivity index (χ1v) is 8.57. The molecule has 6 heteroatoms. The first kappa shape index (κ1) is 19.5. The summed E-state index contributed by atoms with van der Waals surface area (Å²) in [6.07, 6.45) is 0. The fourth-order valence-corrected chi connectivity index (χ4v) is 2.52. The van der Waals surface area contributed by atoms with Crippen molar-refractivity contribution in [2.45, 2.75) is 19.9 Å². The molecule has 26 heavy (non-hydrogen) atoms. The standard InChI is InChI=1S/C20H25N3O3/c1-4-23(15(2)20(25)22-16-8-6-5-7-9-16)14-19(24)21-17-10-12-18(26-3)13-11-17/h5-13,15H,4,14H2,1-3H3,(H,21,24)(H,22,25)/t15-/m0/s1. The lowest BCUT2D eigenvalue weighted by atomic mass is 10.2. The number of nitrogens with zero attached hydrogens (tertiary/aromatic N) is 1. The number of amides is 2. The van der Waals surface area contributed by atoms with E-state index in [-0.39, 0.29) is 18.4 Å². The Hall–Kier alpha value is -2.86. The molecule has 0 aliphatic rings. The van der Waals surface area contributed by atoms with E-state index in [4.69, 9.17) is 4.74 Å². The molecule has 2 aromatic carbocycles. The highest BCUT2D eigenvalue weighted by Gasteiger charge is 2.22. The summed E-state index contributed by atoms with van der Waals surface area (Å²) in [6.45, 7) is 4.43. The average molecular weight is 355 g/mol. The maximum atomic E-state index is 12.4. The topological polar surface area (TPSA) is 70.7 Å². The highest BCUT2D eigenvalue weighted by Crippen LogP contribution is 2.15. The molecular formula is C20H25N3O3. The molecule has 0 spiro atoms. The Bertz CT molecular complexity index is 717. The monoisotopic (exact) mass is 355 g/mol. The first-order valence-electron chi connectivity index (χ1n) is 8.57. The molecule has 0 saturated heterocycles. The fourth-order valence-electron chi connectivity index (χ4n) is 2.52. The van der Waals surface area contributed by atoms with E-state index in [2.05, 4.69) is 10.6 Å². The van der Waals surface area contributed by atoms with Crippen LogP contribution in [0.5, 0.6) is 5.75 Å². The van der Waals surface area contributed by atoms with Crippen molar-refractivity contribution < 1.29 is 14.3 Å². The maximum absolute atomic E-state index is 12.4. The molecule has 0 radical (unpaired) electrons. The molecule has 0 aliphatic carbocycles. The summed E-state index contributed by atoms with van der Waals surface area (Å²) in [5.74, 6) is 0.413. The summed E-state index contributed by atoms with van der Waals surface area (Å²) >= 11 is 0. The van der Waals surface area contributed by atoms with Gasteiger partial charge in [0.15, 0.2) is 0 Å². The van der Waals surface area contributed by atoms with E-state index in [1.165, 1.54) is 0 Å². The number of nitrogens with one attached hydrogen (secondary N) is 2. The number of likely N-dealkylation sites (N-methyl/N-ethyl adjacent to an activating group) is 1. The van der Waals surface area contributed by atoms with Crippen LogP contribution in [0.3, 0.4) is 0 Å². The van der Waals surface area contributed by atoms with Gasteiger partial charge >= 0.3 is 0 Å². The van der Waals surface area contributed by atoms with Crippen LogP contribution in [0.4, 0.5) is 11.4 Å². The first-order chi connectivity index (χ1) is 12.5. The summed E-state index contributed by atoms with van der Waals surface area (Å²) < 4.78 is 5.10. The molecule has 0 unspecified atom stereocenters. The van der Waals surface area contributed by atoms with Crippen molar-refractivity contribution in [1.82, 2.24) is 4.90 Å². The summed E-state index contributed by atoms with van der Waals surface area (Å²) in [4.78, 5) is 26.5. The van der Waals surface area contributed by atoms with Gasteiger partial charge in [0.2, 0.25) is 11.8 Å². The van der Waals surface area contributed by atoms with Crippen molar-refractivity contribution in [1.29, 1.82) is 0 Å². The average Bonchev–Trinajstić information content (AvgIpc) is 2.67. The van der Waals surface area contributed by atoms with E-state index in [1.807, 2.05) is 42.2 Å². The van der Waals surface area contributed by atoms with E-state index in [0.717, 1.165) is 11.4 Å². The van der Waals surface area contributed by atoms with Gasteiger partial charge in [0, 0.05) is 11.4 Å². The number of rotatable bonds is 8. The van der Waals surface area contributed by atoms with Gasteiger partial charge in [-0.3, -0.25) is 14.5 Å². The van der Waals surface area contributed by atoms with Crippen LogP contribution >= 0.6 is 0 Å². The van der Waals surface area contributed by atoms with Gasteiger partial charge in [0.25, 0.3) is 0 Å². The number of ether oxygens (including phenoxy) is 1. The van der Waals surface area contributed by atoms with Gasteiger partial charge in [-0.05, 0) is 49.9 Å². The molecule has 2 amide bonds. The summed E-state index contributed by atoms with van der Waals surface area (Å²) in [6, 6.07) is 16.0. The second kappa shape index (κ2) is 9.58. The van der Waals surface area contributed by atoms with Crippen molar-refractivity contribution >= 4 is 23.2 Å². The molecule has 6 nitrogen and oxygen atoms in total. The van der Waals surface area contributed by atoms with Crippen LogP contribution < -0.4 is 15.4 Å². The van der Waals surface area contributed by atoms with Crippen LogP contribution in [0.25, 0.3) is 0 Å². The predicted molar refractivity (Wildman–Crippen MR) is 103 cm³/mol. The number of carbonyl (C=O) groups excluding carboxylic acids is 2. The van der Waals surface area contributed by atoms with Crippen molar-refractivity contribution in [3.63, 3.8) is 0 Å². The van der Waals surface area contributed by atoms with Gasteiger partial charge in [-0.25, -0.2) is 0 Å². The van der Waals surface area contributed by atoms with Crippen LogP contribution in [0.1, 0.15) is 13.8 Å². The highest BCUT2D eigenvalue weighted by molar-refractivity contribution is 5.96. The molecule has 0 aliphatic heterocycles. The van der Waals surface area contributed by atoms with Gasteiger partial charge in [0.05, 0.1) is 19.7 Å². The third kappa shape index (κ3) is 5.60. The third-order valence-electron chi connectivity index (χ3n) is 4.10. The van der Waals surface area contributed by atoms with Gasteiger partial charge in [-0.1, -0.05) is 25.1 Å². The molecule has 2 N–H and O–H groups in total. The second-order valence-corrected chi connectivity index (χ2v) is 5.87. The van der Waals surface area contributed by atoms with Crippen LogP contribution in [0.2, 0.25) is 0 Å². The Labute approximate surface area is 154 Å². The Balaban J connectivity index is 1.91. The Morgan fingerprint density at radius 3 is 2.19 bits per heavy atom.